The van der Waals surface area contributed by atoms with Crippen molar-refractivity contribution in [3.8, 4) is 0 Å². The first-order valence-corrected chi connectivity index (χ1v) is 4.00. The summed E-state index contributed by atoms with van der Waals surface area (Å²) >= 11 is 4.17. The summed E-state index contributed by atoms with van der Waals surface area (Å²) < 4.78 is 0. The number of nitrogens with one attached hydrogen (secondary N) is 1. The lowest BCUT2D eigenvalue weighted by Gasteiger charge is -2.03. The SMILES string of the molecule is NCCNc1ccc(S)cc1. The Morgan fingerprint density at radius 2 is 1.91 bits per heavy atom. The lowest BCUT2D eigenvalue weighted by molar-refractivity contribution is 1.02. The zero-order valence-electron chi connectivity index (χ0n) is 6.25. The maximum absolute atomic E-state index is 5.33. The molecule has 2 nitrogen and oxygen atoms in total. The Balaban J connectivity index is 2.52. The van der Waals surface area contributed by atoms with Crippen molar-refractivity contribution in [3.05, 3.63) is 24.3 Å². The van der Waals surface area contributed by atoms with E-state index in [1.54, 1.807) is 0 Å². The summed E-state index contributed by atoms with van der Waals surface area (Å²) in [5.41, 5.74) is 6.42. The van der Waals surface area contributed by atoms with Crippen molar-refractivity contribution >= 4 is 18.3 Å². The molecular formula is C8H12N2S. The zero-order chi connectivity index (χ0) is 8.10. The number of anilines is 1. The van der Waals surface area contributed by atoms with Gasteiger partial charge in [0.05, 0.1) is 0 Å². The molecule has 0 aliphatic rings. The first-order chi connectivity index (χ1) is 5.33. The Morgan fingerprint density at radius 3 is 2.45 bits per heavy atom. The van der Waals surface area contributed by atoms with Crippen molar-refractivity contribution in [2.24, 2.45) is 5.73 Å². The standard InChI is InChI=1S/C8H12N2S/c9-5-6-10-7-1-3-8(11)4-2-7/h1-4,10-11H,5-6,9H2. The Morgan fingerprint density at radius 1 is 1.27 bits per heavy atom. The van der Waals surface area contributed by atoms with Gasteiger partial charge in [0.1, 0.15) is 0 Å². The summed E-state index contributed by atoms with van der Waals surface area (Å²) in [5, 5.41) is 3.16. The second-order valence-corrected chi connectivity index (χ2v) is 2.78. The van der Waals surface area contributed by atoms with Crippen LogP contribution in [0, 0.1) is 0 Å². The van der Waals surface area contributed by atoms with Crippen LogP contribution in [-0.2, 0) is 0 Å². The molecule has 0 aliphatic carbocycles. The number of hydrogen-bond donors (Lipinski definition) is 3. The van der Waals surface area contributed by atoms with Crippen LogP contribution in [0.15, 0.2) is 29.2 Å². The fraction of sp³-hybridized carbons (Fsp3) is 0.250. The number of nitrogens with two attached hydrogens (primary N) is 1. The van der Waals surface area contributed by atoms with Crippen LogP contribution in [0.3, 0.4) is 0 Å². The number of thiol groups is 1. The van der Waals surface area contributed by atoms with Gasteiger partial charge in [-0.05, 0) is 24.3 Å². The van der Waals surface area contributed by atoms with Crippen molar-refractivity contribution in [2.75, 3.05) is 18.4 Å². The van der Waals surface area contributed by atoms with Crippen molar-refractivity contribution in [2.45, 2.75) is 4.90 Å². The highest BCUT2D eigenvalue weighted by Crippen LogP contribution is 2.11. The molecule has 0 aromatic heterocycles. The lowest BCUT2D eigenvalue weighted by atomic mass is 10.3. The van der Waals surface area contributed by atoms with E-state index >= 15 is 0 Å². The highest BCUT2D eigenvalue weighted by atomic mass is 32.1. The van der Waals surface area contributed by atoms with E-state index in [4.69, 9.17) is 5.73 Å². The molecule has 11 heavy (non-hydrogen) atoms. The molecule has 0 saturated carbocycles. The summed E-state index contributed by atoms with van der Waals surface area (Å²) in [6.45, 7) is 1.47. The molecule has 0 radical (unpaired) electrons. The normalized spacial score (nSPS) is 9.64. The lowest BCUT2D eigenvalue weighted by Crippen LogP contribution is -2.12. The van der Waals surface area contributed by atoms with E-state index in [1.807, 2.05) is 24.3 Å². The molecule has 1 aromatic carbocycles. The summed E-state index contributed by atoms with van der Waals surface area (Å²) in [7, 11) is 0. The third kappa shape index (κ3) is 2.82. The minimum Gasteiger partial charge on any atom is -0.384 e. The van der Waals surface area contributed by atoms with Gasteiger partial charge in [-0.2, -0.15) is 0 Å². The van der Waals surface area contributed by atoms with Gasteiger partial charge in [-0.15, -0.1) is 12.6 Å². The molecule has 0 amide bonds. The molecular weight excluding hydrogens is 156 g/mol. The Hall–Kier alpha value is -0.670. The number of rotatable bonds is 3. The van der Waals surface area contributed by atoms with E-state index in [-0.39, 0.29) is 0 Å². The van der Waals surface area contributed by atoms with Gasteiger partial charge in [0.2, 0.25) is 0 Å². The maximum Gasteiger partial charge on any atom is 0.0341 e. The van der Waals surface area contributed by atoms with Crippen LogP contribution >= 0.6 is 12.6 Å². The van der Waals surface area contributed by atoms with E-state index in [1.165, 1.54) is 0 Å². The molecule has 1 rings (SSSR count). The molecule has 0 fully saturated rings. The smallest absolute Gasteiger partial charge is 0.0341 e. The van der Waals surface area contributed by atoms with Crippen LogP contribution in [0.5, 0.6) is 0 Å². The second kappa shape index (κ2) is 4.26. The van der Waals surface area contributed by atoms with Crippen molar-refractivity contribution < 1.29 is 0 Å². The molecule has 0 saturated heterocycles. The van der Waals surface area contributed by atoms with Crippen LogP contribution in [0.1, 0.15) is 0 Å². The fourth-order valence-corrected chi connectivity index (χ4v) is 0.945. The van der Waals surface area contributed by atoms with E-state index in [9.17, 15) is 0 Å². The zero-order valence-corrected chi connectivity index (χ0v) is 7.14. The van der Waals surface area contributed by atoms with Crippen LogP contribution in [0.25, 0.3) is 0 Å². The molecule has 60 valence electrons. The Bertz CT molecular complexity index is 208. The molecule has 3 N–H and O–H groups in total. The minimum atomic E-state index is 0.655. The topological polar surface area (TPSA) is 38.0 Å². The fourth-order valence-electron chi connectivity index (χ4n) is 0.796. The average molecular weight is 168 g/mol. The summed E-state index contributed by atoms with van der Waals surface area (Å²) in [6, 6.07) is 7.86. The number of benzene rings is 1. The molecule has 1 aromatic rings. The van der Waals surface area contributed by atoms with E-state index < -0.39 is 0 Å². The summed E-state index contributed by atoms with van der Waals surface area (Å²) in [5.74, 6) is 0. The summed E-state index contributed by atoms with van der Waals surface area (Å²) in [6.07, 6.45) is 0. The van der Waals surface area contributed by atoms with Gasteiger partial charge in [-0.3, -0.25) is 0 Å². The van der Waals surface area contributed by atoms with Gasteiger partial charge in [0, 0.05) is 23.7 Å². The van der Waals surface area contributed by atoms with E-state index in [0.29, 0.717) is 6.54 Å². The van der Waals surface area contributed by atoms with Gasteiger partial charge < -0.3 is 11.1 Å². The van der Waals surface area contributed by atoms with Crippen molar-refractivity contribution in [1.82, 2.24) is 0 Å². The molecule has 0 spiro atoms. The maximum atomic E-state index is 5.33. The van der Waals surface area contributed by atoms with Gasteiger partial charge in [-0.1, -0.05) is 0 Å². The molecule has 0 bridgehead atoms. The van der Waals surface area contributed by atoms with Gasteiger partial charge in [0.15, 0.2) is 0 Å². The van der Waals surface area contributed by atoms with Crippen molar-refractivity contribution in [3.63, 3.8) is 0 Å². The van der Waals surface area contributed by atoms with Crippen LogP contribution in [0.4, 0.5) is 5.69 Å². The van der Waals surface area contributed by atoms with Gasteiger partial charge in [-0.25, -0.2) is 0 Å². The first-order valence-electron chi connectivity index (χ1n) is 3.56. The van der Waals surface area contributed by atoms with Crippen LogP contribution in [-0.4, -0.2) is 13.1 Å². The predicted molar refractivity (Wildman–Crippen MR) is 51.2 cm³/mol. The minimum absolute atomic E-state index is 0.655. The van der Waals surface area contributed by atoms with Crippen LogP contribution < -0.4 is 11.1 Å². The van der Waals surface area contributed by atoms with Crippen molar-refractivity contribution in [1.29, 1.82) is 0 Å². The number of hydrogen-bond acceptors (Lipinski definition) is 3. The van der Waals surface area contributed by atoms with E-state index in [2.05, 4.69) is 17.9 Å². The highest BCUT2D eigenvalue weighted by molar-refractivity contribution is 7.80. The third-order valence-electron chi connectivity index (χ3n) is 1.34. The Kier molecular flexibility index (Phi) is 3.26. The highest BCUT2D eigenvalue weighted by Gasteiger charge is 1.88. The summed E-state index contributed by atoms with van der Waals surface area (Å²) in [4.78, 5) is 0.975. The molecule has 0 atom stereocenters. The third-order valence-corrected chi connectivity index (χ3v) is 1.64. The molecule has 0 unspecified atom stereocenters. The molecule has 0 aliphatic heterocycles. The van der Waals surface area contributed by atoms with E-state index in [0.717, 1.165) is 17.1 Å². The average Bonchev–Trinajstić information content (AvgIpc) is 2.04. The monoisotopic (exact) mass is 168 g/mol. The van der Waals surface area contributed by atoms with Gasteiger partial charge in [0.25, 0.3) is 0 Å². The van der Waals surface area contributed by atoms with Gasteiger partial charge >= 0.3 is 0 Å². The first kappa shape index (κ1) is 8.43. The quantitative estimate of drug-likeness (QED) is 0.596. The predicted octanol–water partition coefficient (Wildman–Crippen LogP) is 1.35. The second-order valence-electron chi connectivity index (χ2n) is 2.26. The molecule has 0 heterocycles. The largest absolute Gasteiger partial charge is 0.384 e. The Labute approximate surface area is 72.2 Å². The van der Waals surface area contributed by atoms with Crippen LogP contribution in [0.2, 0.25) is 0 Å². The molecule has 3 heteroatoms.